The molecule has 0 saturated heterocycles. The third-order valence-electron chi connectivity index (χ3n) is 1.93. The number of hydrogen-bond acceptors (Lipinski definition) is 3. The van der Waals surface area contributed by atoms with Crippen molar-refractivity contribution in [3.05, 3.63) is 35.9 Å². The van der Waals surface area contributed by atoms with E-state index < -0.39 is 12.1 Å². The fourth-order valence-electron chi connectivity index (χ4n) is 1.14. The molecule has 0 unspecified atom stereocenters. The minimum absolute atomic E-state index is 0.202. The molecular weight excluding hydrogens is 234 g/mol. The molecule has 0 aliphatic heterocycles. The summed E-state index contributed by atoms with van der Waals surface area (Å²) in [5.41, 5.74) is 0.901. The first-order chi connectivity index (χ1) is 8.68. The quantitative estimate of drug-likeness (QED) is 0.622. The Balaban J connectivity index is 2.15. The third kappa shape index (κ3) is 6.18. The number of aliphatic carboxylic acids is 1. The molecule has 0 atom stereocenters. The van der Waals surface area contributed by atoms with E-state index >= 15 is 0 Å². The van der Waals surface area contributed by atoms with Crippen molar-refractivity contribution in [2.24, 2.45) is 0 Å². The fourth-order valence-corrected chi connectivity index (χ4v) is 1.14. The number of nitrogens with one attached hydrogen (secondary N) is 1. The predicted molar refractivity (Wildman–Crippen MR) is 64.7 cm³/mol. The van der Waals surface area contributed by atoms with Gasteiger partial charge in [0.25, 0.3) is 0 Å². The average Bonchev–Trinajstić information content (AvgIpc) is 2.37. The zero-order chi connectivity index (χ0) is 13.2. The summed E-state index contributed by atoms with van der Waals surface area (Å²) >= 11 is 0. The van der Waals surface area contributed by atoms with E-state index in [0.717, 1.165) is 5.56 Å². The summed E-state index contributed by atoms with van der Waals surface area (Å²) in [6.45, 7) is 0.460. The Hall–Kier alpha value is -2.48. The van der Waals surface area contributed by atoms with E-state index in [1.807, 2.05) is 36.3 Å². The lowest BCUT2D eigenvalue weighted by atomic mass is 10.2. The normalized spacial score (nSPS) is 8.89. The minimum atomic E-state index is -1.18. The topological polar surface area (TPSA) is 75.6 Å². The first-order valence-electron chi connectivity index (χ1n) is 5.35. The van der Waals surface area contributed by atoms with Gasteiger partial charge in [0.05, 0.1) is 0 Å². The Labute approximate surface area is 105 Å². The Morgan fingerprint density at radius 2 is 2.00 bits per heavy atom. The van der Waals surface area contributed by atoms with Crippen LogP contribution in [0, 0.1) is 11.8 Å². The molecule has 1 aromatic carbocycles. The zero-order valence-corrected chi connectivity index (χ0v) is 9.68. The Kier molecular flexibility index (Phi) is 5.84. The van der Waals surface area contributed by atoms with Gasteiger partial charge >= 0.3 is 12.1 Å². The van der Waals surface area contributed by atoms with E-state index in [-0.39, 0.29) is 19.6 Å². The summed E-state index contributed by atoms with van der Waals surface area (Å²) in [5, 5.41) is 10.7. The largest absolute Gasteiger partial charge is 0.472 e. The molecule has 1 rings (SSSR count). The number of carbonyl (C=O) groups is 2. The van der Waals surface area contributed by atoms with E-state index in [2.05, 4.69) is 11.2 Å². The van der Waals surface area contributed by atoms with E-state index in [4.69, 9.17) is 9.84 Å². The van der Waals surface area contributed by atoms with Crippen LogP contribution < -0.4 is 5.32 Å². The highest BCUT2D eigenvalue weighted by Crippen LogP contribution is 2.00. The first kappa shape index (κ1) is 13.6. The number of ether oxygens (including phenoxy) is 1. The van der Waals surface area contributed by atoms with Crippen LogP contribution in [0.3, 0.4) is 0 Å². The maximum Gasteiger partial charge on any atom is 0.407 e. The van der Waals surface area contributed by atoms with Crippen LogP contribution in [0.5, 0.6) is 0 Å². The number of carboxylic acids is 1. The molecule has 0 spiro atoms. The van der Waals surface area contributed by atoms with Gasteiger partial charge in [-0.05, 0) is 5.56 Å². The number of rotatable bonds is 4. The van der Waals surface area contributed by atoms with Crippen molar-refractivity contribution in [3.63, 3.8) is 0 Å². The van der Waals surface area contributed by atoms with E-state index in [0.29, 0.717) is 0 Å². The monoisotopic (exact) mass is 247 g/mol. The van der Waals surface area contributed by atoms with Gasteiger partial charge in [-0.2, -0.15) is 0 Å². The van der Waals surface area contributed by atoms with Crippen molar-refractivity contribution in [1.29, 1.82) is 0 Å². The molecule has 0 heterocycles. The minimum Gasteiger partial charge on any atom is -0.472 e. The lowest BCUT2D eigenvalue weighted by molar-refractivity contribution is -0.130. The molecule has 94 valence electrons. The highest BCUT2D eigenvalue weighted by Gasteiger charge is 2.00. The summed E-state index contributed by atoms with van der Waals surface area (Å²) in [6, 6.07) is 9.30. The fraction of sp³-hybridized carbons (Fsp3) is 0.231. The van der Waals surface area contributed by atoms with Crippen LogP contribution in [0.15, 0.2) is 30.3 Å². The molecule has 1 aromatic rings. The Bertz CT molecular complexity index is 459. The van der Waals surface area contributed by atoms with Crippen LogP contribution in [0.1, 0.15) is 12.0 Å². The van der Waals surface area contributed by atoms with Gasteiger partial charge in [-0.15, -0.1) is 0 Å². The number of amides is 1. The van der Waals surface area contributed by atoms with Crippen LogP contribution in [-0.4, -0.2) is 23.7 Å². The van der Waals surface area contributed by atoms with Crippen molar-refractivity contribution in [1.82, 2.24) is 5.32 Å². The Morgan fingerprint density at radius 1 is 1.28 bits per heavy atom. The second-order valence-electron chi connectivity index (χ2n) is 3.35. The van der Waals surface area contributed by atoms with Crippen LogP contribution in [-0.2, 0) is 16.1 Å². The van der Waals surface area contributed by atoms with Gasteiger partial charge in [0.2, 0.25) is 0 Å². The summed E-state index contributed by atoms with van der Waals surface area (Å²) in [5.74, 6) is 3.17. The second-order valence-corrected chi connectivity index (χ2v) is 3.35. The van der Waals surface area contributed by atoms with Gasteiger partial charge in [0.1, 0.15) is 6.61 Å². The first-order valence-corrected chi connectivity index (χ1v) is 5.35. The number of carbonyl (C=O) groups excluding carboxylic acids is 1. The molecule has 0 aliphatic rings. The van der Waals surface area contributed by atoms with E-state index in [1.165, 1.54) is 0 Å². The summed E-state index contributed by atoms with van der Waals surface area (Å²) in [6.07, 6.45) is -0.275. The van der Waals surface area contributed by atoms with Crippen molar-refractivity contribution >= 4 is 12.1 Å². The number of benzene rings is 1. The number of alkyl carbamates (subject to hydrolysis) is 1. The van der Waals surface area contributed by atoms with E-state index in [9.17, 15) is 9.59 Å². The van der Waals surface area contributed by atoms with Crippen LogP contribution >= 0.6 is 0 Å². The molecule has 5 heteroatoms. The zero-order valence-electron chi connectivity index (χ0n) is 9.68. The maximum atomic E-state index is 11.2. The Morgan fingerprint density at radius 3 is 2.67 bits per heavy atom. The predicted octanol–water partition coefficient (Wildman–Crippen LogP) is 1.39. The molecule has 0 fully saturated rings. The summed E-state index contributed by atoms with van der Waals surface area (Å²) < 4.78 is 4.94. The lowest BCUT2D eigenvalue weighted by Gasteiger charge is -2.05. The number of hydrogen-bond donors (Lipinski definition) is 2. The van der Waals surface area contributed by atoms with Gasteiger partial charge in [-0.25, -0.2) is 9.59 Å². The molecule has 0 aliphatic carbocycles. The van der Waals surface area contributed by atoms with Crippen LogP contribution in [0.25, 0.3) is 0 Å². The van der Waals surface area contributed by atoms with Crippen LogP contribution in [0.2, 0.25) is 0 Å². The molecule has 0 bridgehead atoms. The standard InChI is InChI=1S/C13H13NO4/c15-12(16)8-4-5-9-14-13(17)18-10-11-6-2-1-3-7-11/h1-3,6-7H,5,9-10H2,(H,14,17)(H,15,16). The second kappa shape index (κ2) is 7.74. The van der Waals surface area contributed by atoms with E-state index in [1.54, 1.807) is 0 Å². The van der Waals surface area contributed by atoms with Crippen molar-refractivity contribution in [2.75, 3.05) is 6.54 Å². The van der Waals surface area contributed by atoms with Crippen molar-refractivity contribution in [2.45, 2.75) is 13.0 Å². The van der Waals surface area contributed by atoms with Gasteiger partial charge < -0.3 is 15.2 Å². The smallest absolute Gasteiger partial charge is 0.407 e. The number of carboxylic acid groups (broad SMARTS) is 1. The SMILES string of the molecule is O=C(O)C#CCCNC(=O)OCc1ccccc1. The van der Waals surface area contributed by atoms with Gasteiger partial charge in [0, 0.05) is 18.9 Å². The van der Waals surface area contributed by atoms with Crippen molar-refractivity contribution < 1.29 is 19.4 Å². The summed E-state index contributed by atoms with van der Waals surface area (Å²) in [4.78, 5) is 21.3. The molecule has 1 amide bonds. The summed E-state index contributed by atoms with van der Waals surface area (Å²) in [7, 11) is 0. The molecular formula is C13H13NO4. The highest BCUT2D eigenvalue weighted by molar-refractivity contribution is 5.86. The van der Waals surface area contributed by atoms with Gasteiger partial charge in [-0.3, -0.25) is 0 Å². The molecule has 5 nitrogen and oxygen atoms in total. The molecule has 0 saturated carbocycles. The third-order valence-corrected chi connectivity index (χ3v) is 1.93. The molecule has 0 radical (unpaired) electrons. The molecule has 0 aromatic heterocycles. The van der Waals surface area contributed by atoms with Gasteiger partial charge in [-0.1, -0.05) is 36.3 Å². The molecule has 2 N–H and O–H groups in total. The highest BCUT2D eigenvalue weighted by atomic mass is 16.5. The average molecular weight is 247 g/mol. The van der Waals surface area contributed by atoms with Crippen molar-refractivity contribution in [3.8, 4) is 11.8 Å². The molecule has 18 heavy (non-hydrogen) atoms. The van der Waals surface area contributed by atoms with Gasteiger partial charge in [0.15, 0.2) is 0 Å². The van der Waals surface area contributed by atoms with Crippen LogP contribution in [0.4, 0.5) is 4.79 Å². The maximum absolute atomic E-state index is 11.2. The lowest BCUT2D eigenvalue weighted by Crippen LogP contribution is -2.24.